The second-order valence-corrected chi connectivity index (χ2v) is 13.6. The van der Waals surface area contributed by atoms with Crippen molar-refractivity contribution in [1.29, 1.82) is 0 Å². The molecular formula is C47H32. The van der Waals surface area contributed by atoms with Gasteiger partial charge in [-0.05, 0) is 111 Å². The van der Waals surface area contributed by atoms with E-state index in [1.54, 1.807) is 0 Å². The molecule has 0 saturated heterocycles. The lowest BCUT2D eigenvalue weighted by atomic mass is 9.79. The van der Waals surface area contributed by atoms with Crippen LogP contribution >= 0.6 is 0 Å². The first-order chi connectivity index (χ1) is 23.1. The highest BCUT2D eigenvalue weighted by Crippen LogP contribution is 2.53. The molecular weight excluding hydrogens is 565 g/mol. The van der Waals surface area contributed by atoms with Gasteiger partial charge in [0.15, 0.2) is 0 Å². The third-order valence-electron chi connectivity index (χ3n) is 10.8. The number of hydrogen-bond donors (Lipinski definition) is 0. The molecule has 0 spiro atoms. The van der Waals surface area contributed by atoms with Gasteiger partial charge in [0.05, 0.1) is 0 Å². The van der Waals surface area contributed by atoms with Crippen molar-refractivity contribution in [3.05, 3.63) is 169 Å². The van der Waals surface area contributed by atoms with Crippen LogP contribution in [0.5, 0.6) is 0 Å². The Kier molecular flexibility index (Phi) is 5.44. The van der Waals surface area contributed by atoms with Gasteiger partial charge in [-0.1, -0.05) is 159 Å². The predicted octanol–water partition coefficient (Wildman–Crippen LogP) is 13.1. The summed E-state index contributed by atoms with van der Waals surface area (Å²) in [7, 11) is 0. The Hall–Kier alpha value is -5.72. The lowest BCUT2D eigenvalue weighted by Gasteiger charge is -2.23. The highest BCUT2D eigenvalue weighted by atomic mass is 14.4. The van der Waals surface area contributed by atoms with E-state index in [0.29, 0.717) is 0 Å². The van der Waals surface area contributed by atoms with E-state index >= 15 is 0 Å². The second-order valence-electron chi connectivity index (χ2n) is 13.6. The van der Waals surface area contributed by atoms with Crippen LogP contribution in [0.15, 0.2) is 158 Å². The molecule has 1 aliphatic rings. The summed E-state index contributed by atoms with van der Waals surface area (Å²) in [5, 5.41) is 13.0. The van der Waals surface area contributed by atoms with Crippen LogP contribution in [-0.4, -0.2) is 0 Å². The molecule has 0 fully saturated rings. The first-order valence-electron chi connectivity index (χ1n) is 16.6. The zero-order valence-corrected chi connectivity index (χ0v) is 26.5. The first-order valence-corrected chi connectivity index (χ1v) is 16.6. The van der Waals surface area contributed by atoms with Crippen molar-refractivity contribution in [2.45, 2.75) is 19.3 Å². The van der Waals surface area contributed by atoms with Crippen LogP contribution in [0.2, 0.25) is 0 Å². The molecule has 220 valence electrons. The van der Waals surface area contributed by atoms with E-state index < -0.39 is 0 Å². The van der Waals surface area contributed by atoms with Crippen molar-refractivity contribution in [3.63, 3.8) is 0 Å². The molecule has 9 aromatic rings. The Balaban J connectivity index is 1.30. The molecule has 0 atom stereocenters. The van der Waals surface area contributed by atoms with E-state index in [0.717, 1.165) is 0 Å². The minimum atomic E-state index is -0.0742. The van der Waals surface area contributed by atoms with Gasteiger partial charge in [-0.2, -0.15) is 0 Å². The van der Waals surface area contributed by atoms with E-state index in [-0.39, 0.29) is 5.41 Å². The number of hydrogen-bond acceptors (Lipinski definition) is 0. The van der Waals surface area contributed by atoms with Gasteiger partial charge >= 0.3 is 0 Å². The maximum atomic E-state index is 2.47. The molecule has 0 aromatic heterocycles. The van der Waals surface area contributed by atoms with Gasteiger partial charge in [-0.3, -0.25) is 0 Å². The molecule has 0 N–H and O–H groups in total. The summed E-state index contributed by atoms with van der Waals surface area (Å²) in [6.07, 6.45) is 0. The molecule has 0 nitrogen and oxygen atoms in total. The van der Waals surface area contributed by atoms with Crippen molar-refractivity contribution >= 4 is 53.9 Å². The fraction of sp³-hybridized carbons (Fsp3) is 0.0638. The minimum Gasteiger partial charge on any atom is -0.0616 e. The maximum Gasteiger partial charge on any atom is 0.0165 e. The van der Waals surface area contributed by atoms with Gasteiger partial charge in [0.2, 0.25) is 0 Å². The highest BCUT2D eigenvalue weighted by molar-refractivity contribution is 6.25. The monoisotopic (exact) mass is 596 g/mol. The Morgan fingerprint density at radius 1 is 0.340 bits per heavy atom. The minimum absolute atomic E-state index is 0.0742. The van der Waals surface area contributed by atoms with E-state index in [2.05, 4.69) is 172 Å². The summed E-state index contributed by atoms with van der Waals surface area (Å²) < 4.78 is 0. The van der Waals surface area contributed by atoms with Crippen LogP contribution in [-0.2, 0) is 5.41 Å². The molecule has 0 heteroatoms. The summed E-state index contributed by atoms with van der Waals surface area (Å²) in [4.78, 5) is 0. The topological polar surface area (TPSA) is 0 Å². The average Bonchev–Trinajstić information content (AvgIpc) is 3.36. The van der Waals surface area contributed by atoms with Gasteiger partial charge in [-0.25, -0.2) is 0 Å². The molecule has 0 saturated carbocycles. The summed E-state index contributed by atoms with van der Waals surface area (Å²) in [6, 6.07) is 58.9. The zero-order valence-electron chi connectivity index (χ0n) is 26.5. The van der Waals surface area contributed by atoms with Crippen LogP contribution in [0.3, 0.4) is 0 Å². The molecule has 0 bridgehead atoms. The van der Waals surface area contributed by atoms with Crippen LogP contribution in [0.1, 0.15) is 25.0 Å². The van der Waals surface area contributed by atoms with Gasteiger partial charge in [-0.15, -0.1) is 0 Å². The lowest BCUT2D eigenvalue weighted by molar-refractivity contribution is 0.666. The van der Waals surface area contributed by atoms with Crippen molar-refractivity contribution in [1.82, 2.24) is 0 Å². The Labute approximate surface area is 274 Å². The second kappa shape index (κ2) is 9.64. The fourth-order valence-electron chi connectivity index (χ4n) is 8.76. The summed E-state index contributed by atoms with van der Waals surface area (Å²) in [6.45, 7) is 4.77. The van der Waals surface area contributed by atoms with E-state index in [1.165, 1.54) is 98.4 Å². The Morgan fingerprint density at radius 3 is 1.55 bits per heavy atom. The molecule has 0 heterocycles. The van der Waals surface area contributed by atoms with Crippen molar-refractivity contribution in [2.24, 2.45) is 0 Å². The molecule has 9 aromatic carbocycles. The third kappa shape index (κ3) is 3.64. The first kappa shape index (κ1) is 26.5. The fourth-order valence-corrected chi connectivity index (χ4v) is 8.76. The van der Waals surface area contributed by atoms with E-state index in [9.17, 15) is 0 Å². The maximum absolute atomic E-state index is 2.47. The van der Waals surface area contributed by atoms with Crippen molar-refractivity contribution in [2.75, 3.05) is 0 Å². The summed E-state index contributed by atoms with van der Waals surface area (Å²) in [5.41, 5.74) is 10.6. The molecule has 0 amide bonds. The number of benzene rings is 9. The van der Waals surface area contributed by atoms with E-state index in [1.807, 2.05) is 0 Å². The van der Waals surface area contributed by atoms with Crippen molar-refractivity contribution < 1.29 is 0 Å². The van der Waals surface area contributed by atoms with E-state index in [4.69, 9.17) is 0 Å². The van der Waals surface area contributed by atoms with Gasteiger partial charge in [0.25, 0.3) is 0 Å². The predicted molar refractivity (Wildman–Crippen MR) is 202 cm³/mol. The van der Waals surface area contributed by atoms with Crippen LogP contribution in [0, 0.1) is 0 Å². The zero-order chi connectivity index (χ0) is 31.3. The Bertz CT molecular complexity index is 2700. The molecule has 47 heavy (non-hydrogen) atoms. The largest absolute Gasteiger partial charge is 0.0616 e. The smallest absolute Gasteiger partial charge is 0.0165 e. The average molecular weight is 597 g/mol. The molecule has 10 rings (SSSR count). The highest BCUT2D eigenvalue weighted by Gasteiger charge is 2.37. The number of rotatable bonds is 2. The Morgan fingerprint density at radius 2 is 0.872 bits per heavy atom. The normalized spacial score (nSPS) is 13.5. The molecule has 1 aliphatic carbocycles. The van der Waals surface area contributed by atoms with Gasteiger partial charge < -0.3 is 0 Å². The lowest BCUT2D eigenvalue weighted by Crippen LogP contribution is -2.15. The van der Waals surface area contributed by atoms with Gasteiger partial charge in [0.1, 0.15) is 0 Å². The van der Waals surface area contributed by atoms with Crippen LogP contribution in [0.4, 0.5) is 0 Å². The third-order valence-corrected chi connectivity index (χ3v) is 10.8. The molecule has 0 radical (unpaired) electrons. The van der Waals surface area contributed by atoms with Gasteiger partial charge in [0, 0.05) is 5.41 Å². The summed E-state index contributed by atoms with van der Waals surface area (Å²) in [5.74, 6) is 0. The van der Waals surface area contributed by atoms with Crippen LogP contribution in [0.25, 0.3) is 87.2 Å². The van der Waals surface area contributed by atoms with Crippen molar-refractivity contribution in [3.8, 4) is 33.4 Å². The number of fused-ring (bicyclic) bond motifs is 10. The van der Waals surface area contributed by atoms with Crippen LogP contribution < -0.4 is 0 Å². The SMILES string of the molecule is CC1(C)c2ccc(-c3c4ccccc4c(-c4cc5ccccc5c5ccccc45)c4ccccc34)cc2-c2ccc3ccccc3c21. The molecule has 0 unspecified atom stereocenters. The summed E-state index contributed by atoms with van der Waals surface area (Å²) >= 11 is 0. The molecule has 0 aliphatic heterocycles. The quantitative estimate of drug-likeness (QED) is 0.138. The standard InChI is InChI=1S/C47H32/c1-47(2)43-26-24-31(28-41(43)40-25-23-29-13-3-6-16-33(29)46(40)47)44-36-19-9-11-21-38(36)45(39-22-12-10-20-37(39)44)42-27-30-14-4-5-15-32(30)34-17-7-8-18-35(34)42/h3-28H,1-2H3.